The topological polar surface area (TPSA) is 150 Å². The smallest absolute Gasteiger partial charge is 0.407 e. The van der Waals surface area contributed by atoms with Crippen LogP contribution in [0, 0.1) is 52.3 Å². The molecule has 12 nitrogen and oxygen atoms in total. The second-order valence-corrected chi connectivity index (χ2v) is 24.1. The van der Waals surface area contributed by atoms with Crippen LogP contribution >= 0.6 is 0 Å². The van der Waals surface area contributed by atoms with Gasteiger partial charge in [0.05, 0.1) is 40.2 Å². The van der Waals surface area contributed by atoms with E-state index in [1.165, 1.54) is 56.9 Å². The van der Waals surface area contributed by atoms with Gasteiger partial charge in [0.15, 0.2) is 0 Å². The van der Waals surface area contributed by atoms with Gasteiger partial charge in [-0.05, 0) is 145 Å². The van der Waals surface area contributed by atoms with Gasteiger partial charge in [-0.3, -0.25) is 14.4 Å². The van der Waals surface area contributed by atoms with Crippen molar-refractivity contribution in [2.75, 3.05) is 40.5 Å². The third-order valence-electron chi connectivity index (χ3n) is 19.1. The number of likely N-dealkylation sites (tertiary alicyclic amines) is 1. The number of carbonyl (C=O) groups is 4. The van der Waals surface area contributed by atoms with Gasteiger partial charge in [0.1, 0.15) is 29.3 Å². The number of esters is 1. The van der Waals surface area contributed by atoms with E-state index in [0.29, 0.717) is 42.7 Å². The number of hydrogen-bond donors (Lipinski definition) is 2. The molecule has 2 N–H and O–H groups in total. The van der Waals surface area contributed by atoms with Crippen LogP contribution < -0.4 is 14.8 Å². The third-order valence-corrected chi connectivity index (χ3v) is 19.1. The van der Waals surface area contributed by atoms with Crippen LogP contribution in [0.5, 0.6) is 11.5 Å². The third kappa shape index (κ3) is 12.8. The van der Waals surface area contributed by atoms with Gasteiger partial charge in [-0.25, -0.2) is 4.79 Å². The predicted molar refractivity (Wildman–Crippen MR) is 295 cm³/mol. The maximum absolute atomic E-state index is 13.9. The zero-order valence-corrected chi connectivity index (χ0v) is 46.7. The summed E-state index contributed by atoms with van der Waals surface area (Å²) in [5.74, 6) is 3.93. The Kier molecular flexibility index (Phi) is 19.0. The van der Waals surface area contributed by atoms with Crippen molar-refractivity contribution in [2.24, 2.45) is 52.3 Å². The molecule has 3 aromatic carbocycles. The van der Waals surface area contributed by atoms with Gasteiger partial charge in [0, 0.05) is 31.8 Å². The molecule has 2 amide bonds. The van der Waals surface area contributed by atoms with E-state index >= 15 is 0 Å². The van der Waals surface area contributed by atoms with E-state index in [9.17, 15) is 24.3 Å². The SMILES string of the molecule is COc1ccc(C(OCC2CN(C(=O)CCCCCNC(=O)OC3CC[C@@]4(C)C(=CCC5C6CCC(C(C)CCCC(C)C)C6(C)CCC54)C3)CC2OC(=O)CCC(=O)O)(c2ccccc2)c2ccc(OC)cc2)cc1. The van der Waals surface area contributed by atoms with Crippen molar-refractivity contribution in [2.45, 2.75) is 162 Å². The number of alkyl carbamates (subject to hydrolysis) is 1. The standard InChI is InChI=1S/C64H88N2O10/c1-43(2)15-14-16-44(3)54-30-31-55-53-29-24-49-39-52(34-36-62(49,4)56(53)35-37-63(54,55)5)75-61(71)65-38-13-9-12-19-58(67)66-40-45(57(41-66)76-60(70)33-32-59(68)69)42-74-64(46-17-10-8-11-18-46,47-20-25-50(72-6)26-21-47)48-22-27-51(73-7)28-23-48/h8,10-11,17-18,20-28,43-45,52-57H,9,12-16,19,29-42H2,1-7H3,(H,65,71)(H,68,69)/t44?,45?,52?,53?,54?,55?,56?,57?,62-,63?/m0/s1. The Bertz CT molecular complexity index is 2390. The van der Waals surface area contributed by atoms with Gasteiger partial charge in [-0.2, -0.15) is 0 Å². The number of unbranched alkanes of at least 4 members (excludes halogenated alkanes) is 2. The molecule has 4 fully saturated rings. The highest BCUT2D eigenvalue weighted by atomic mass is 16.6. The summed E-state index contributed by atoms with van der Waals surface area (Å²) in [5.41, 5.74) is 3.59. The number of carboxylic acids is 1. The number of fused-ring (bicyclic) bond motifs is 5. The summed E-state index contributed by atoms with van der Waals surface area (Å²) < 4.78 is 30.2. The maximum Gasteiger partial charge on any atom is 0.407 e. The number of rotatable bonds is 24. The van der Waals surface area contributed by atoms with Crippen LogP contribution in [-0.4, -0.2) is 86.6 Å². The molecule has 1 aliphatic heterocycles. The number of amides is 2. The number of carboxylic acid groups (broad SMARTS) is 1. The van der Waals surface area contributed by atoms with E-state index in [4.69, 9.17) is 23.7 Å². The Labute approximate surface area is 453 Å². The summed E-state index contributed by atoms with van der Waals surface area (Å²) in [6.45, 7) is 13.5. The number of ether oxygens (including phenoxy) is 5. The van der Waals surface area contributed by atoms with E-state index in [1.807, 2.05) is 78.9 Å². The molecule has 1 saturated heterocycles. The van der Waals surface area contributed by atoms with Crippen molar-refractivity contribution < 1.29 is 48.0 Å². The second kappa shape index (κ2) is 25.4. The first-order valence-electron chi connectivity index (χ1n) is 28.9. The Balaban J connectivity index is 0.827. The van der Waals surface area contributed by atoms with Crippen LogP contribution in [0.3, 0.4) is 0 Å². The lowest BCUT2D eigenvalue weighted by Gasteiger charge is -2.58. The van der Waals surface area contributed by atoms with Crippen molar-refractivity contribution in [3.8, 4) is 11.5 Å². The number of hydrogen-bond acceptors (Lipinski definition) is 9. The van der Waals surface area contributed by atoms with E-state index in [0.717, 1.165) is 77.9 Å². The number of benzene rings is 3. The fourth-order valence-electron chi connectivity index (χ4n) is 15.0. The number of aliphatic carboxylic acids is 1. The summed E-state index contributed by atoms with van der Waals surface area (Å²) >= 11 is 0. The van der Waals surface area contributed by atoms with Gasteiger partial charge >= 0.3 is 18.0 Å². The maximum atomic E-state index is 13.9. The van der Waals surface area contributed by atoms with Crippen molar-refractivity contribution in [1.29, 1.82) is 0 Å². The van der Waals surface area contributed by atoms with Gasteiger partial charge in [-0.1, -0.05) is 127 Å². The fraction of sp³-hybridized carbons (Fsp3) is 0.625. The van der Waals surface area contributed by atoms with Crippen molar-refractivity contribution in [3.63, 3.8) is 0 Å². The molecule has 0 bridgehead atoms. The summed E-state index contributed by atoms with van der Waals surface area (Å²) in [5, 5.41) is 12.3. The zero-order valence-electron chi connectivity index (χ0n) is 46.7. The van der Waals surface area contributed by atoms with E-state index in [1.54, 1.807) is 19.1 Å². The molecular formula is C64H88N2O10. The first-order valence-corrected chi connectivity index (χ1v) is 28.9. The summed E-state index contributed by atoms with van der Waals surface area (Å²) in [4.78, 5) is 53.2. The Morgan fingerprint density at radius 2 is 1.42 bits per heavy atom. The quantitative estimate of drug-likeness (QED) is 0.0384. The highest BCUT2D eigenvalue weighted by molar-refractivity contribution is 5.78. The average molecular weight is 1050 g/mol. The summed E-state index contributed by atoms with van der Waals surface area (Å²) in [6.07, 6.45) is 16.6. The lowest BCUT2D eigenvalue weighted by Crippen LogP contribution is -2.51. The average Bonchev–Trinajstić information content (AvgIpc) is 4.01. The van der Waals surface area contributed by atoms with Gasteiger partial charge in [0.2, 0.25) is 5.91 Å². The lowest BCUT2D eigenvalue weighted by molar-refractivity contribution is -0.154. The molecule has 0 spiro atoms. The number of methoxy groups -OCH3 is 2. The Hall–Kier alpha value is -5.36. The Morgan fingerprint density at radius 3 is 2.08 bits per heavy atom. The van der Waals surface area contributed by atoms with Crippen molar-refractivity contribution >= 4 is 23.9 Å². The minimum atomic E-state index is -1.13. The molecule has 414 valence electrons. The number of nitrogens with zero attached hydrogens (tertiary/aromatic N) is 1. The van der Waals surface area contributed by atoms with Gasteiger partial charge in [-0.15, -0.1) is 0 Å². The van der Waals surface area contributed by atoms with Crippen LogP contribution in [0.25, 0.3) is 0 Å². The van der Waals surface area contributed by atoms with Crippen LogP contribution in [0.4, 0.5) is 4.79 Å². The minimum absolute atomic E-state index is 0.0643. The number of carbonyl (C=O) groups excluding carboxylic acids is 3. The molecule has 76 heavy (non-hydrogen) atoms. The fourth-order valence-corrected chi connectivity index (χ4v) is 15.0. The molecule has 12 heteroatoms. The van der Waals surface area contributed by atoms with Crippen molar-refractivity contribution in [1.82, 2.24) is 10.2 Å². The van der Waals surface area contributed by atoms with Crippen LogP contribution in [0.1, 0.15) is 160 Å². The number of allylic oxidation sites excluding steroid dienone is 1. The highest BCUT2D eigenvalue weighted by Crippen LogP contribution is 2.67. The predicted octanol–water partition coefficient (Wildman–Crippen LogP) is 12.9. The van der Waals surface area contributed by atoms with Gasteiger partial charge < -0.3 is 39.0 Å². The summed E-state index contributed by atoms with van der Waals surface area (Å²) in [6, 6.07) is 25.3. The zero-order chi connectivity index (χ0) is 54.0. The second-order valence-electron chi connectivity index (χ2n) is 24.1. The van der Waals surface area contributed by atoms with Crippen LogP contribution in [0.2, 0.25) is 0 Å². The van der Waals surface area contributed by atoms with Crippen LogP contribution in [0.15, 0.2) is 90.5 Å². The van der Waals surface area contributed by atoms with E-state index in [2.05, 4.69) is 46.0 Å². The molecule has 0 radical (unpaired) electrons. The molecule has 9 unspecified atom stereocenters. The molecule has 5 aliphatic rings. The molecular weight excluding hydrogens is 957 g/mol. The summed E-state index contributed by atoms with van der Waals surface area (Å²) in [7, 11) is 3.24. The molecule has 3 saturated carbocycles. The molecule has 10 atom stereocenters. The lowest BCUT2D eigenvalue weighted by atomic mass is 9.47. The first kappa shape index (κ1) is 56.8. The normalized spacial score (nSPS) is 27.3. The largest absolute Gasteiger partial charge is 0.497 e. The van der Waals surface area contributed by atoms with E-state index in [-0.39, 0.29) is 56.1 Å². The molecule has 4 aliphatic carbocycles. The molecule has 1 heterocycles. The molecule has 8 rings (SSSR count). The molecule has 3 aromatic rings. The highest BCUT2D eigenvalue weighted by Gasteiger charge is 2.59. The van der Waals surface area contributed by atoms with Crippen molar-refractivity contribution in [3.05, 3.63) is 107 Å². The monoisotopic (exact) mass is 1040 g/mol. The molecule has 0 aromatic heterocycles. The number of nitrogens with one attached hydrogen (secondary N) is 1. The van der Waals surface area contributed by atoms with Gasteiger partial charge in [0.25, 0.3) is 0 Å². The Morgan fingerprint density at radius 1 is 0.737 bits per heavy atom. The minimum Gasteiger partial charge on any atom is -0.497 e. The van der Waals surface area contributed by atoms with Crippen LogP contribution in [-0.2, 0) is 34.2 Å². The first-order chi connectivity index (χ1) is 36.6. The van der Waals surface area contributed by atoms with E-state index < -0.39 is 29.6 Å².